The Morgan fingerprint density at radius 2 is 1.83 bits per heavy atom. The van der Waals surface area contributed by atoms with Crippen molar-refractivity contribution in [2.24, 2.45) is 10.3 Å². The minimum absolute atomic E-state index is 0.261. The van der Waals surface area contributed by atoms with E-state index >= 15 is 0 Å². The summed E-state index contributed by atoms with van der Waals surface area (Å²) < 4.78 is 1.51. The predicted octanol–water partition coefficient (Wildman–Crippen LogP) is 4.46. The van der Waals surface area contributed by atoms with Crippen LogP contribution in [0.15, 0.2) is 61.7 Å². The van der Waals surface area contributed by atoms with E-state index in [-0.39, 0.29) is 5.71 Å². The molecule has 0 aliphatic rings. The van der Waals surface area contributed by atoms with Crippen molar-refractivity contribution >= 4 is 61.3 Å². The fourth-order valence-electron chi connectivity index (χ4n) is 1.73. The SMILES string of the molecule is O=C(N/N=C(\C=N\O)c1cccc(Cl)c1)c1cc(Br)cc(Br)c1. The second kappa shape index (κ2) is 8.24. The minimum Gasteiger partial charge on any atom is -0.411 e. The maximum absolute atomic E-state index is 12.2. The first-order chi connectivity index (χ1) is 11.0. The first kappa shape index (κ1) is 17.7. The summed E-state index contributed by atoms with van der Waals surface area (Å²) in [5.74, 6) is -0.405. The van der Waals surface area contributed by atoms with Gasteiger partial charge in [-0.3, -0.25) is 4.79 Å². The van der Waals surface area contributed by atoms with E-state index in [1.165, 1.54) is 0 Å². The normalized spacial score (nSPS) is 11.7. The van der Waals surface area contributed by atoms with Crippen LogP contribution >= 0.6 is 43.5 Å². The van der Waals surface area contributed by atoms with Gasteiger partial charge in [-0.15, -0.1) is 0 Å². The van der Waals surface area contributed by atoms with Gasteiger partial charge in [0.1, 0.15) is 5.71 Å². The van der Waals surface area contributed by atoms with Gasteiger partial charge in [-0.05, 0) is 30.3 Å². The van der Waals surface area contributed by atoms with Gasteiger partial charge in [0, 0.05) is 25.1 Å². The van der Waals surface area contributed by atoms with Crippen molar-refractivity contribution in [1.82, 2.24) is 5.43 Å². The van der Waals surface area contributed by atoms with Crippen LogP contribution in [-0.2, 0) is 0 Å². The average molecular weight is 460 g/mol. The van der Waals surface area contributed by atoms with Gasteiger partial charge in [0.25, 0.3) is 5.91 Å². The second-order valence-electron chi connectivity index (χ2n) is 4.35. The van der Waals surface area contributed by atoms with E-state index in [9.17, 15) is 4.79 Å². The van der Waals surface area contributed by atoms with Crippen molar-refractivity contribution in [2.75, 3.05) is 0 Å². The zero-order valence-electron chi connectivity index (χ0n) is 11.5. The Labute approximate surface area is 154 Å². The Balaban J connectivity index is 2.25. The molecule has 1 amide bonds. The number of oxime groups is 1. The van der Waals surface area contributed by atoms with Crippen molar-refractivity contribution < 1.29 is 10.0 Å². The molecule has 0 heterocycles. The maximum Gasteiger partial charge on any atom is 0.271 e. The molecule has 0 fully saturated rings. The first-order valence-electron chi connectivity index (χ1n) is 6.27. The van der Waals surface area contributed by atoms with Gasteiger partial charge < -0.3 is 5.21 Å². The Kier molecular flexibility index (Phi) is 6.32. The number of nitrogens with zero attached hydrogens (tertiary/aromatic N) is 2. The Morgan fingerprint density at radius 1 is 1.13 bits per heavy atom. The zero-order chi connectivity index (χ0) is 16.8. The number of rotatable bonds is 4. The predicted molar refractivity (Wildman–Crippen MR) is 97.6 cm³/mol. The molecule has 0 atom stereocenters. The molecule has 0 radical (unpaired) electrons. The van der Waals surface area contributed by atoms with E-state index in [1.807, 2.05) is 6.07 Å². The molecule has 0 bridgehead atoms. The summed E-state index contributed by atoms with van der Waals surface area (Å²) in [6.07, 6.45) is 1.11. The highest BCUT2D eigenvalue weighted by Crippen LogP contribution is 2.20. The maximum atomic E-state index is 12.2. The molecular weight excluding hydrogens is 449 g/mol. The molecule has 8 heteroatoms. The van der Waals surface area contributed by atoms with Crippen molar-refractivity contribution in [1.29, 1.82) is 0 Å². The molecule has 2 aromatic rings. The van der Waals surface area contributed by atoms with Crippen LogP contribution in [-0.4, -0.2) is 23.0 Å². The third-order valence-electron chi connectivity index (χ3n) is 2.70. The summed E-state index contributed by atoms with van der Waals surface area (Å²) in [6.45, 7) is 0. The summed E-state index contributed by atoms with van der Waals surface area (Å²) in [5, 5.41) is 16.2. The summed E-state index contributed by atoms with van der Waals surface area (Å²) in [5.41, 5.74) is 3.70. The number of benzene rings is 2. The van der Waals surface area contributed by atoms with Crippen molar-refractivity contribution in [3.05, 3.63) is 67.6 Å². The molecule has 0 aliphatic carbocycles. The lowest BCUT2D eigenvalue weighted by molar-refractivity contribution is 0.0955. The Morgan fingerprint density at radius 3 is 2.43 bits per heavy atom. The molecule has 5 nitrogen and oxygen atoms in total. The summed E-state index contributed by atoms with van der Waals surface area (Å²) in [6, 6.07) is 11.9. The third kappa shape index (κ3) is 5.16. The van der Waals surface area contributed by atoms with E-state index in [4.69, 9.17) is 16.8 Å². The van der Waals surface area contributed by atoms with Crippen molar-refractivity contribution in [2.45, 2.75) is 0 Å². The smallest absolute Gasteiger partial charge is 0.271 e. The average Bonchev–Trinajstić information content (AvgIpc) is 2.50. The topological polar surface area (TPSA) is 74.0 Å². The van der Waals surface area contributed by atoms with Crippen LogP contribution in [0.25, 0.3) is 0 Å². The molecule has 118 valence electrons. The van der Waals surface area contributed by atoms with Crippen LogP contribution < -0.4 is 5.43 Å². The van der Waals surface area contributed by atoms with E-state index in [0.717, 1.165) is 15.2 Å². The molecule has 2 aromatic carbocycles. The Bertz CT molecular complexity index is 774. The molecular formula is C15H10Br2ClN3O2. The molecule has 0 aliphatic heterocycles. The highest BCUT2D eigenvalue weighted by Gasteiger charge is 2.08. The number of hydrazone groups is 1. The lowest BCUT2D eigenvalue weighted by atomic mass is 10.1. The molecule has 0 aromatic heterocycles. The van der Waals surface area contributed by atoms with Crippen LogP contribution in [0.5, 0.6) is 0 Å². The van der Waals surface area contributed by atoms with E-state index in [1.54, 1.807) is 36.4 Å². The summed E-state index contributed by atoms with van der Waals surface area (Å²) in [7, 11) is 0. The van der Waals surface area contributed by atoms with Gasteiger partial charge in [0.2, 0.25) is 0 Å². The molecule has 23 heavy (non-hydrogen) atoms. The fourth-order valence-corrected chi connectivity index (χ4v) is 3.21. The Hall–Kier alpha value is -1.70. The summed E-state index contributed by atoms with van der Waals surface area (Å²) >= 11 is 12.6. The number of carbonyl (C=O) groups excluding carboxylic acids is 1. The standard InChI is InChI=1S/C15H10Br2ClN3O2/c16-11-4-10(5-12(17)7-11)15(22)21-20-14(8-19-23)9-2-1-3-13(18)6-9/h1-8,23H,(H,21,22)/b19-8+,20-14+. The summed E-state index contributed by atoms with van der Waals surface area (Å²) in [4.78, 5) is 12.2. The second-order valence-corrected chi connectivity index (χ2v) is 6.62. The van der Waals surface area contributed by atoms with Crippen molar-refractivity contribution in [3.8, 4) is 0 Å². The van der Waals surface area contributed by atoms with Crippen molar-refractivity contribution in [3.63, 3.8) is 0 Å². The van der Waals surface area contributed by atoms with Crippen LogP contribution in [0.2, 0.25) is 5.02 Å². The highest BCUT2D eigenvalue weighted by molar-refractivity contribution is 9.11. The zero-order valence-corrected chi connectivity index (χ0v) is 15.4. The number of hydrogen-bond donors (Lipinski definition) is 2. The van der Waals surface area contributed by atoms with Gasteiger partial charge >= 0.3 is 0 Å². The number of amides is 1. The molecule has 2 N–H and O–H groups in total. The van der Waals surface area contributed by atoms with E-state index in [2.05, 4.69) is 47.5 Å². The van der Waals surface area contributed by atoms with Crippen LogP contribution in [0.4, 0.5) is 0 Å². The number of halogens is 3. The minimum atomic E-state index is -0.405. The van der Waals surface area contributed by atoms with E-state index in [0.29, 0.717) is 16.1 Å². The number of carbonyl (C=O) groups is 1. The molecule has 2 rings (SSSR count). The van der Waals surface area contributed by atoms with Crippen LogP contribution in [0, 0.1) is 0 Å². The molecule has 0 saturated carbocycles. The largest absolute Gasteiger partial charge is 0.411 e. The van der Waals surface area contributed by atoms with Crippen LogP contribution in [0.1, 0.15) is 15.9 Å². The van der Waals surface area contributed by atoms with Gasteiger partial charge in [-0.25, -0.2) is 5.43 Å². The monoisotopic (exact) mass is 457 g/mol. The van der Waals surface area contributed by atoms with Gasteiger partial charge in [-0.1, -0.05) is 60.7 Å². The molecule has 0 unspecified atom stereocenters. The first-order valence-corrected chi connectivity index (χ1v) is 8.23. The highest BCUT2D eigenvalue weighted by atomic mass is 79.9. The van der Waals surface area contributed by atoms with Crippen LogP contribution in [0.3, 0.4) is 0 Å². The van der Waals surface area contributed by atoms with Gasteiger partial charge in [0.05, 0.1) is 6.21 Å². The molecule has 0 spiro atoms. The van der Waals surface area contributed by atoms with Gasteiger partial charge in [-0.2, -0.15) is 5.10 Å². The van der Waals surface area contributed by atoms with E-state index < -0.39 is 5.91 Å². The number of hydrogen-bond acceptors (Lipinski definition) is 4. The van der Waals surface area contributed by atoms with Gasteiger partial charge in [0.15, 0.2) is 0 Å². The number of nitrogens with one attached hydrogen (secondary N) is 1. The third-order valence-corrected chi connectivity index (χ3v) is 3.85. The lowest BCUT2D eigenvalue weighted by Gasteiger charge is -2.05. The molecule has 0 saturated heterocycles. The lowest BCUT2D eigenvalue weighted by Crippen LogP contribution is -2.20. The fraction of sp³-hybridized carbons (Fsp3) is 0. The quantitative estimate of drug-likeness (QED) is 0.403.